The van der Waals surface area contributed by atoms with Gasteiger partial charge in [0.25, 0.3) is 5.91 Å². The molecule has 144 valence electrons. The zero-order chi connectivity index (χ0) is 19.4. The van der Waals surface area contributed by atoms with Crippen LogP contribution in [-0.2, 0) is 11.3 Å². The summed E-state index contributed by atoms with van der Waals surface area (Å²) < 4.78 is 5.56. The minimum Gasteiger partial charge on any atom is -0.507 e. The summed E-state index contributed by atoms with van der Waals surface area (Å²) in [6, 6.07) is 9.09. The number of rotatable bonds is 5. The lowest BCUT2D eigenvalue weighted by atomic mass is 10.00. The van der Waals surface area contributed by atoms with E-state index in [1.807, 2.05) is 18.2 Å². The predicted molar refractivity (Wildman–Crippen MR) is 105 cm³/mol. The molecule has 1 aliphatic heterocycles. The van der Waals surface area contributed by atoms with Crippen LogP contribution in [0.4, 0.5) is 5.82 Å². The Labute approximate surface area is 160 Å². The number of nitrogens with one attached hydrogen (secondary N) is 1. The number of pyridine rings is 1. The third kappa shape index (κ3) is 4.77. The molecule has 3 rings (SSSR count). The molecule has 1 atom stereocenters. The molecule has 1 aliphatic rings. The number of carbonyl (C=O) groups is 1. The minimum absolute atomic E-state index is 0.00758. The minimum atomic E-state index is -0.291. The zero-order valence-electron chi connectivity index (χ0n) is 16.1. The quantitative estimate of drug-likeness (QED) is 0.847. The number of anilines is 1. The number of aromatic nitrogens is 1. The van der Waals surface area contributed by atoms with Crippen LogP contribution in [0.15, 0.2) is 36.5 Å². The first-order chi connectivity index (χ1) is 12.9. The van der Waals surface area contributed by atoms with E-state index in [1.165, 1.54) is 0 Å². The van der Waals surface area contributed by atoms with Crippen molar-refractivity contribution in [3.8, 4) is 5.75 Å². The number of amides is 1. The standard InChI is InChI=1S/C21H27N3O3/c1-14(2)17-5-6-19(25)18(10-17)21(26)23-12-16-4-7-20(22-11-16)24-8-9-27-15(3)13-24/h4-7,10-11,14-15,25H,8-9,12-13H2,1-3H3,(H,23,26). The highest BCUT2D eigenvalue weighted by Gasteiger charge is 2.18. The lowest BCUT2D eigenvalue weighted by molar-refractivity contribution is 0.0529. The molecule has 2 N–H and O–H groups in total. The summed E-state index contributed by atoms with van der Waals surface area (Å²) in [5, 5.41) is 12.9. The van der Waals surface area contributed by atoms with Gasteiger partial charge in [0.05, 0.1) is 18.3 Å². The van der Waals surface area contributed by atoms with Crippen molar-refractivity contribution in [2.24, 2.45) is 0 Å². The van der Waals surface area contributed by atoms with Crippen molar-refractivity contribution in [1.29, 1.82) is 0 Å². The SMILES string of the molecule is CC1CN(c2ccc(CNC(=O)c3cc(C(C)C)ccc3O)cn2)CCO1. The fourth-order valence-electron chi connectivity index (χ4n) is 3.11. The summed E-state index contributed by atoms with van der Waals surface area (Å²) in [6.07, 6.45) is 1.98. The van der Waals surface area contributed by atoms with Crippen LogP contribution in [-0.4, -0.2) is 41.8 Å². The van der Waals surface area contributed by atoms with E-state index >= 15 is 0 Å². The molecule has 6 heteroatoms. The highest BCUT2D eigenvalue weighted by atomic mass is 16.5. The topological polar surface area (TPSA) is 74.7 Å². The first-order valence-corrected chi connectivity index (χ1v) is 9.36. The average Bonchev–Trinajstić information content (AvgIpc) is 2.66. The molecule has 2 heterocycles. The largest absolute Gasteiger partial charge is 0.507 e. The van der Waals surface area contributed by atoms with E-state index in [2.05, 4.69) is 36.0 Å². The van der Waals surface area contributed by atoms with Gasteiger partial charge in [-0.3, -0.25) is 4.79 Å². The number of carbonyl (C=O) groups excluding carboxylic acids is 1. The Kier molecular flexibility index (Phi) is 5.96. The molecule has 0 radical (unpaired) electrons. The first-order valence-electron chi connectivity index (χ1n) is 9.36. The third-order valence-electron chi connectivity index (χ3n) is 4.76. The normalized spacial score (nSPS) is 17.2. The molecule has 0 bridgehead atoms. The van der Waals surface area contributed by atoms with Gasteiger partial charge in [-0.2, -0.15) is 0 Å². The molecule has 1 unspecified atom stereocenters. The van der Waals surface area contributed by atoms with Crippen LogP contribution in [0.3, 0.4) is 0 Å². The van der Waals surface area contributed by atoms with E-state index in [0.717, 1.165) is 30.0 Å². The van der Waals surface area contributed by atoms with E-state index in [-0.39, 0.29) is 23.7 Å². The number of morpholine rings is 1. The first kappa shape index (κ1) is 19.2. The smallest absolute Gasteiger partial charge is 0.255 e. The number of phenols is 1. The Hall–Kier alpha value is -2.60. The lowest BCUT2D eigenvalue weighted by Crippen LogP contribution is -2.41. The average molecular weight is 369 g/mol. The third-order valence-corrected chi connectivity index (χ3v) is 4.76. The molecule has 1 aromatic heterocycles. The summed E-state index contributed by atoms with van der Waals surface area (Å²) in [6.45, 7) is 8.89. The predicted octanol–water partition coefficient (Wildman–Crippen LogP) is 3.07. The van der Waals surface area contributed by atoms with E-state index < -0.39 is 0 Å². The number of hydrogen-bond donors (Lipinski definition) is 2. The molecule has 1 saturated heterocycles. The summed E-state index contributed by atoms with van der Waals surface area (Å²) in [5.74, 6) is 0.909. The van der Waals surface area contributed by atoms with Gasteiger partial charge in [-0.05, 0) is 42.2 Å². The summed E-state index contributed by atoms with van der Waals surface area (Å²) in [4.78, 5) is 19.2. The molecular weight excluding hydrogens is 342 g/mol. The number of aromatic hydroxyl groups is 1. The zero-order valence-corrected chi connectivity index (χ0v) is 16.1. The van der Waals surface area contributed by atoms with Gasteiger partial charge in [-0.1, -0.05) is 26.0 Å². The van der Waals surface area contributed by atoms with Crippen molar-refractivity contribution in [1.82, 2.24) is 10.3 Å². The van der Waals surface area contributed by atoms with Gasteiger partial charge in [0.15, 0.2) is 0 Å². The number of benzene rings is 1. The van der Waals surface area contributed by atoms with Crippen LogP contribution >= 0.6 is 0 Å². The molecule has 1 amide bonds. The summed E-state index contributed by atoms with van der Waals surface area (Å²) >= 11 is 0. The highest BCUT2D eigenvalue weighted by Crippen LogP contribution is 2.23. The summed E-state index contributed by atoms with van der Waals surface area (Å²) in [5.41, 5.74) is 2.23. The van der Waals surface area contributed by atoms with Crippen molar-refractivity contribution in [3.63, 3.8) is 0 Å². The van der Waals surface area contributed by atoms with Gasteiger partial charge in [0.1, 0.15) is 11.6 Å². The second kappa shape index (κ2) is 8.39. The van der Waals surface area contributed by atoms with Gasteiger partial charge < -0.3 is 20.1 Å². The van der Waals surface area contributed by atoms with Crippen LogP contribution in [0.2, 0.25) is 0 Å². The number of hydrogen-bond acceptors (Lipinski definition) is 5. The van der Waals surface area contributed by atoms with Crippen molar-refractivity contribution in [3.05, 3.63) is 53.2 Å². The Bertz CT molecular complexity index is 790. The Morgan fingerprint density at radius 1 is 1.37 bits per heavy atom. The second-order valence-corrected chi connectivity index (χ2v) is 7.27. The Balaban J connectivity index is 1.61. The summed E-state index contributed by atoms with van der Waals surface area (Å²) in [7, 11) is 0. The Morgan fingerprint density at radius 2 is 2.19 bits per heavy atom. The number of phenolic OH excluding ortho intramolecular Hbond substituents is 1. The van der Waals surface area contributed by atoms with Gasteiger partial charge in [-0.25, -0.2) is 4.98 Å². The maximum atomic E-state index is 12.5. The van der Waals surface area contributed by atoms with E-state index in [9.17, 15) is 9.90 Å². The Morgan fingerprint density at radius 3 is 2.85 bits per heavy atom. The molecule has 0 saturated carbocycles. The fourth-order valence-corrected chi connectivity index (χ4v) is 3.11. The lowest BCUT2D eigenvalue weighted by Gasteiger charge is -2.32. The van der Waals surface area contributed by atoms with Crippen molar-refractivity contribution in [2.75, 3.05) is 24.6 Å². The maximum Gasteiger partial charge on any atom is 0.255 e. The molecule has 0 spiro atoms. The van der Waals surface area contributed by atoms with Crippen LogP contribution in [0.25, 0.3) is 0 Å². The van der Waals surface area contributed by atoms with E-state index in [1.54, 1.807) is 18.3 Å². The van der Waals surface area contributed by atoms with E-state index in [4.69, 9.17) is 4.74 Å². The number of nitrogens with zero attached hydrogens (tertiary/aromatic N) is 2. The fraction of sp³-hybridized carbons (Fsp3) is 0.429. The maximum absolute atomic E-state index is 12.5. The molecule has 1 aromatic carbocycles. The van der Waals surface area contributed by atoms with E-state index in [0.29, 0.717) is 18.7 Å². The van der Waals surface area contributed by atoms with Crippen molar-refractivity contribution in [2.45, 2.75) is 39.3 Å². The van der Waals surface area contributed by atoms with Crippen LogP contribution in [0.5, 0.6) is 5.75 Å². The number of ether oxygens (including phenoxy) is 1. The van der Waals surface area contributed by atoms with Gasteiger partial charge in [0.2, 0.25) is 0 Å². The second-order valence-electron chi connectivity index (χ2n) is 7.27. The molecular formula is C21H27N3O3. The van der Waals surface area contributed by atoms with Crippen LogP contribution in [0, 0.1) is 0 Å². The molecule has 6 nitrogen and oxygen atoms in total. The van der Waals surface area contributed by atoms with Crippen molar-refractivity contribution < 1.29 is 14.6 Å². The van der Waals surface area contributed by atoms with Gasteiger partial charge in [-0.15, -0.1) is 0 Å². The highest BCUT2D eigenvalue weighted by molar-refractivity contribution is 5.97. The van der Waals surface area contributed by atoms with Gasteiger partial charge in [0, 0.05) is 25.8 Å². The van der Waals surface area contributed by atoms with Crippen molar-refractivity contribution >= 4 is 11.7 Å². The monoisotopic (exact) mass is 369 g/mol. The molecule has 1 fully saturated rings. The molecule has 27 heavy (non-hydrogen) atoms. The van der Waals surface area contributed by atoms with Crippen LogP contribution in [0.1, 0.15) is 48.2 Å². The van der Waals surface area contributed by atoms with Gasteiger partial charge >= 0.3 is 0 Å². The van der Waals surface area contributed by atoms with Crippen LogP contribution < -0.4 is 10.2 Å². The molecule has 2 aromatic rings. The molecule has 0 aliphatic carbocycles.